The molecule has 2 N–H and O–H groups in total. The fraction of sp³-hybridized carbons (Fsp3) is 0.667. The maximum absolute atomic E-state index is 12.6. The Morgan fingerprint density at radius 2 is 1.93 bits per heavy atom. The van der Waals surface area contributed by atoms with Gasteiger partial charge < -0.3 is 15.5 Å². The summed E-state index contributed by atoms with van der Waals surface area (Å²) >= 11 is 1.81. The Balaban J connectivity index is 1.23. The van der Waals surface area contributed by atoms with Gasteiger partial charge in [0, 0.05) is 50.7 Å². The van der Waals surface area contributed by atoms with Gasteiger partial charge in [0.1, 0.15) is 11.9 Å². The van der Waals surface area contributed by atoms with Crippen molar-refractivity contribution < 1.29 is 4.79 Å². The van der Waals surface area contributed by atoms with Gasteiger partial charge in [0.2, 0.25) is 5.91 Å². The summed E-state index contributed by atoms with van der Waals surface area (Å²) in [6.07, 6.45) is 6.02. The van der Waals surface area contributed by atoms with E-state index >= 15 is 0 Å². The van der Waals surface area contributed by atoms with Gasteiger partial charge in [-0.25, -0.2) is 4.98 Å². The fourth-order valence-corrected chi connectivity index (χ4v) is 5.74. The lowest BCUT2D eigenvalue weighted by molar-refractivity contribution is -0.132. The Hall–Kier alpha value is -1.82. The summed E-state index contributed by atoms with van der Waals surface area (Å²) in [6, 6.07) is 6.17. The second-order valence-electron chi connectivity index (χ2n) is 8.27. The summed E-state index contributed by atoms with van der Waals surface area (Å²) in [5.41, 5.74) is 6.95. The summed E-state index contributed by atoms with van der Waals surface area (Å²) in [7, 11) is 0. The number of aromatic nitrogens is 1. The van der Waals surface area contributed by atoms with Gasteiger partial charge in [-0.15, -0.1) is 11.8 Å². The van der Waals surface area contributed by atoms with E-state index in [1.165, 1.54) is 0 Å². The second-order valence-corrected chi connectivity index (χ2v) is 9.35. The number of nitrogens with two attached hydrogens (primary N) is 1. The first-order chi connectivity index (χ1) is 14.2. The van der Waals surface area contributed by atoms with Gasteiger partial charge >= 0.3 is 0 Å². The first-order valence-corrected chi connectivity index (χ1v) is 11.8. The molecular weight excluding hydrogens is 384 g/mol. The molecule has 3 heterocycles. The maximum atomic E-state index is 12.6. The Morgan fingerprint density at radius 1 is 1.17 bits per heavy atom. The summed E-state index contributed by atoms with van der Waals surface area (Å²) in [4.78, 5) is 23.8. The number of carbonyl (C=O) groups is 1. The zero-order valence-electron chi connectivity index (χ0n) is 16.9. The smallest absolute Gasteiger partial charge is 0.240 e. The number of hydrogen-bond donors (Lipinski definition) is 1. The molecule has 0 bridgehead atoms. The van der Waals surface area contributed by atoms with Gasteiger partial charge in [-0.2, -0.15) is 5.26 Å². The number of nitriles is 1. The third kappa shape index (κ3) is 4.68. The molecule has 0 spiro atoms. The van der Waals surface area contributed by atoms with Gasteiger partial charge in [-0.3, -0.25) is 9.69 Å². The van der Waals surface area contributed by atoms with Crippen LogP contribution in [0.3, 0.4) is 0 Å². The number of hydrogen-bond acceptors (Lipinski definition) is 7. The standard InChI is InChI=1S/C21H30N6OS/c22-13-16-1-6-19(24-14-16)26-9-7-25(8-10-26)18-4-2-17(3-5-18)20(23)21(28)27-11-12-29-15-27/h1,6,14,17-18,20H,2-5,7-12,15,23H2/t17?,18?,20-/m0/s1. The van der Waals surface area contributed by atoms with Gasteiger partial charge in [-0.1, -0.05) is 0 Å². The highest BCUT2D eigenvalue weighted by Crippen LogP contribution is 2.31. The summed E-state index contributed by atoms with van der Waals surface area (Å²) < 4.78 is 0. The van der Waals surface area contributed by atoms with Crippen LogP contribution >= 0.6 is 11.8 Å². The van der Waals surface area contributed by atoms with E-state index in [2.05, 4.69) is 20.9 Å². The Kier molecular flexibility index (Phi) is 6.58. The molecule has 1 aromatic rings. The van der Waals surface area contributed by atoms with Crippen LogP contribution in [0.5, 0.6) is 0 Å². The highest BCUT2D eigenvalue weighted by atomic mass is 32.2. The van der Waals surface area contributed by atoms with Crippen LogP contribution in [0, 0.1) is 17.2 Å². The van der Waals surface area contributed by atoms with Gasteiger partial charge in [-0.05, 0) is 43.7 Å². The third-order valence-corrected chi connectivity index (χ3v) is 7.60. The Labute approximate surface area is 177 Å². The molecule has 0 unspecified atom stereocenters. The Morgan fingerprint density at radius 3 is 2.52 bits per heavy atom. The van der Waals surface area contributed by atoms with Crippen LogP contribution in [0.15, 0.2) is 18.3 Å². The highest BCUT2D eigenvalue weighted by molar-refractivity contribution is 7.99. The third-order valence-electron chi connectivity index (χ3n) is 6.63. The van der Waals surface area contributed by atoms with E-state index in [0.29, 0.717) is 17.5 Å². The predicted octanol–water partition coefficient (Wildman–Crippen LogP) is 1.49. The van der Waals surface area contributed by atoms with Crippen molar-refractivity contribution in [2.75, 3.05) is 49.3 Å². The van der Waals surface area contributed by atoms with E-state index in [-0.39, 0.29) is 11.9 Å². The van der Waals surface area contributed by atoms with Crippen molar-refractivity contribution in [3.8, 4) is 6.07 Å². The minimum absolute atomic E-state index is 0.155. The first kappa shape index (κ1) is 20.5. The molecule has 3 fully saturated rings. The van der Waals surface area contributed by atoms with E-state index in [9.17, 15) is 4.79 Å². The molecule has 0 aromatic carbocycles. The van der Waals surface area contributed by atoms with Crippen molar-refractivity contribution in [2.45, 2.75) is 37.8 Å². The summed E-state index contributed by atoms with van der Waals surface area (Å²) in [6.45, 7) is 4.85. The predicted molar refractivity (Wildman–Crippen MR) is 115 cm³/mol. The molecule has 0 radical (unpaired) electrons. The van der Waals surface area contributed by atoms with Crippen LogP contribution in [-0.2, 0) is 4.79 Å². The fourth-order valence-electron chi connectivity index (χ4n) is 4.78. The highest BCUT2D eigenvalue weighted by Gasteiger charge is 2.35. The van der Waals surface area contributed by atoms with Crippen molar-refractivity contribution in [1.29, 1.82) is 5.26 Å². The van der Waals surface area contributed by atoms with E-state index in [1.54, 1.807) is 6.20 Å². The average molecular weight is 415 g/mol. The number of piperazine rings is 1. The average Bonchev–Trinajstić information content (AvgIpc) is 3.33. The quantitative estimate of drug-likeness (QED) is 0.798. The zero-order valence-corrected chi connectivity index (χ0v) is 17.7. The van der Waals surface area contributed by atoms with Crippen molar-refractivity contribution in [2.24, 2.45) is 11.7 Å². The lowest BCUT2D eigenvalue weighted by atomic mass is 9.80. The molecule has 1 saturated carbocycles. The van der Waals surface area contributed by atoms with Gasteiger partial charge in [0.15, 0.2) is 0 Å². The van der Waals surface area contributed by atoms with E-state index in [0.717, 1.165) is 75.9 Å². The van der Waals surface area contributed by atoms with Crippen LogP contribution in [0.25, 0.3) is 0 Å². The number of carbonyl (C=O) groups excluding carboxylic acids is 1. The normalized spacial score (nSPS) is 26.9. The molecule has 156 valence electrons. The largest absolute Gasteiger partial charge is 0.354 e. The zero-order chi connectivity index (χ0) is 20.2. The van der Waals surface area contributed by atoms with Crippen molar-refractivity contribution in [3.63, 3.8) is 0 Å². The molecule has 3 aliphatic rings. The maximum Gasteiger partial charge on any atom is 0.240 e. The lowest BCUT2D eigenvalue weighted by Crippen LogP contribution is -2.53. The number of nitrogens with zero attached hydrogens (tertiary/aromatic N) is 5. The van der Waals surface area contributed by atoms with Crippen LogP contribution in [0.1, 0.15) is 31.2 Å². The molecule has 1 amide bonds. The first-order valence-electron chi connectivity index (χ1n) is 10.6. The monoisotopic (exact) mass is 414 g/mol. The molecule has 4 rings (SSSR count). The second kappa shape index (κ2) is 9.33. The molecular formula is C21H30N6OS. The summed E-state index contributed by atoms with van der Waals surface area (Å²) in [5.74, 6) is 3.28. The van der Waals surface area contributed by atoms with Crippen LogP contribution < -0.4 is 10.6 Å². The molecule has 1 aromatic heterocycles. The molecule has 1 aliphatic carbocycles. The van der Waals surface area contributed by atoms with Crippen molar-refractivity contribution >= 4 is 23.5 Å². The van der Waals surface area contributed by atoms with Gasteiger partial charge in [0.05, 0.1) is 17.5 Å². The molecule has 29 heavy (non-hydrogen) atoms. The molecule has 8 heteroatoms. The van der Waals surface area contributed by atoms with Crippen LogP contribution in [0.4, 0.5) is 5.82 Å². The van der Waals surface area contributed by atoms with Crippen molar-refractivity contribution in [3.05, 3.63) is 23.9 Å². The minimum atomic E-state index is -0.325. The lowest BCUT2D eigenvalue weighted by Gasteiger charge is -2.43. The number of rotatable bonds is 4. The minimum Gasteiger partial charge on any atom is -0.354 e. The number of pyridine rings is 1. The summed E-state index contributed by atoms with van der Waals surface area (Å²) in [5, 5.41) is 8.92. The molecule has 7 nitrogen and oxygen atoms in total. The van der Waals surface area contributed by atoms with Crippen LogP contribution in [0.2, 0.25) is 0 Å². The van der Waals surface area contributed by atoms with Crippen molar-refractivity contribution in [1.82, 2.24) is 14.8 Å². The van der Waals surface area contributed by atoms with E-state index in [4.69, 9.17) is 11.0 Å². The van der Waals surface area contributed by atoms with E-state index in [1.807, 2.05) is 28.8 Å². The number of thioether (sulfide) groups is 1. The Bertz CT molecular complexity index is 729. The van der Waals surface area contributed by atoms with Gasteiger partial charge in [0.25, 0.3) is 0 Å². The van der Waals surface area contributed by atoms with E-state index < -0.39 is 0 Å². The molecule has 2 aliphatic heterocycles. The molecule has 1 atom stereocenters. The topological polar surface area (TPSA) is 89.5 Å². The number of anilines is 1. The molecule has 2 saturated heterocycles. The number of amides is 1. The van der Waals surface area contributed by atoms with Crippen LogP contribution in [-0.4, -0.2) is 77.1 Å². The SMILES string of the molecule is N#Cc1ccc(N2CCN(C3CCC([C@H](N)C(=O)N4CCSC4)CC3)CC2)nc1.